The van der Waals surface area contributed by atoms with E-state index in [1.807, 2.05) is 0 Å². The first-order valence-corrected chi connectivity index (χ1v) is 5.41. The second-order valence-corrected chi connectivity index (χ2v) is 4.12. The molecule has 86 valence electrons. The van der Waals surface area contributed by atoms with E-state index in [0.717, 1.165) is 0 Å². The summed E-state index contributed by atoms with van der Waals surface area (Å²) in [5.74, 6) is -0.126. The number of anilines is 2. The first kappa shape index (κ1) is 11.5. The van der Waals surface area contributed by atoms with E-state index in [2.05, 4.69) is 0 Å². The number of carbonyl (C=O) groups excluding carboxylic acids is 1. The molecule has 2 aromatic rings. The van der Waals surface area contributed by atoms with Gasteiger partial charge in [-0.2, -0.15) is 0 Å². The summed E-state index contributed by atoms with van der Waals surface area (Å²) < 4.78 is 0. The lowest BCUT2D eigenvalue weighted by Crippen LogP contribution is -2.03. The smallest absolute Gasteiger partial charge is 0.193 e. The fourth-order valence-corrected chi connectivity index (χ4v) is 1.70. The lowest BCUT2D eigenvalue weighted by Gasteiger charge is -2.04. The van der Waals surface area contributed by atoms with Crippen LogP contribution in [0.2, 0.25) is 5.02 Å². The van der Waals surface area contributed by atoms with E-state index in [1.54, 1.807) is 42.5 Å². The maximum Gasteiger partial charge on any atom is 0.193 e. The molecule has 0 saturated heterocycles. The maximum atomic E-state index is 12.1. The van der Waals surface area contributed by atoms with Gasteiger partial charge >= 0.3 is 0 Å². The summed E-state index contributed by atoms with van der Waals surface area (Å²) in [6.45, 7) is 0. The summed E-state index contributed by atoms with van der Waals surface area (Å²) in [6, 6.07) is 11.6. The minimum atomic E-state index is -0.126. The van der Waals surface area contributed by atoms with Crippen molar-refractivity contribution in [1.82, 2.24) is 0 Å². The van der Waals surface area contributed by atoms with Gasteiger partial charge in [0.25, 0.3) is 0 Å². The summed E-state index contributed by atoms with van der Waals surface area (Å²) in [4.78, 5) is 12.1. The van der Waals surface area contributed by atoms with Gasteiger partial charge in [0.1, 0.15) is 0 Å². The van der Waals surface area contributed by atoms with Crippen molar-refractivity contribution in [1.29, 1.82) is 0 Å². The van der Waals surface area contributed by atoms with Crippen LogP contribution in [-0.2, 0) is 0 Å². The molecule has 0 aliphatic rings. The molecule has 4 N–H and O–H groups in total. The van der Waals surface area contributed by atoms with Gasteiger partial charge in [-0.15, -0.1) is 0 Å². The van der Waals surface area contributed by atoms with Crippen LogP contribution in [0.1, 0.15) is 15.9 Å². The number of nitrogen functional groups attached to an aromatic ring is 2. The largest absolute Gasteiger partial charge is 0.397 e. The first-order valence-electron chi connectivity index (χ1n) is 5.03. The first-order chi connectivity index (χ1) is 8.08. The summed E-state index contributed by atoms with van der Waals surface area (Å²) >= 11 is 5.84. The van der Waals surface area contributed by atoms with Gasteiger partial charge in [-0.3, -0.25) is 4.79 Å². The van der Waals surface area contributed by atoms with E-state index in [1.165, 1.54) is 0 Å². The molecule has 0 fully saturated rings. The highest BCUT2D eigenvalue weighted by Crippen LogP contribution is 2.20. The monoisotopic (exact) mass is 246 g/mol. The van der Waals surface area contributed by atoms with Gasteiger partial charge in [-0.05, 0) is 30.3 Å². The average molecular weight is 247 g/mol. The molecule has 0 radical (unpaired) electrons. The van der Waals surface area contributed by atoms with Crippen LogP contribution in [0.15, 0.2) is 42.5 Å². The number of halogens is 1. The van der Waals surface area contributed by atoms with E-state index in [0.29, 0.717) is 27.5 Å². The Labute approximate surface area is 104 Å². The fraction of sp³-hybridized carbons (Fsp3) is 0. The summed E-state index contributed by atoms with van der Waals surface area (Å²) in [7, 11) is 0. The summed E-state index contributed by atoms with van der Waals surface area (Å²) in [6.07, 6.45) is 0. The second kappa shape index (κ2) is 4.47. The van der Waals surface area contributed by atoms with Gasteiger partial charge in [0.2, 0.25) is 0 Å². The van der Waals surface area contributed by atoms with Crippen molar-refractivity contribution in [2.24, 2.45) is 0 Å². The van der Waals surface area contributed by atoms with Crippen LogP contribution in [0.25, 0.3) is 0 Å². The average Bonchev–Trinajstić information content (AvgIpc) is 2.32. The Balaban J connectivity index is 2.40. The van der Waals surface area contributed by atoms with Crippen LogP contribution in [0.3, 0.4) is 0 Å². The molecule has 4 heteroatoms. The number of rotatable bonds is 2. The Hall–Kier alpha value is -2.00. The van der Waals surface area contributed by atoms with E-state index < -0.39 is 0 Å². The molecule has 17 heavy (non-hydrogen) atoms. The zero-order chi connectivity index (χ0) is 12.4. The molecule has 0 aliphatic heterocycles. The quantitative estimate of drug-likeness (QED) is 0.632. The van der Waals surface area contributed by atoms with Gasteiger partial charge in [0.05, 0.1) is 11.4 Å². The highest BCUT2D eigenvalue weighted by molar-refractivity contribution is 6.31. The van der Waals surface area contributed by atoms with Gasteiger partial charge in [0, 0.05) is 16.1 Å². The Morgan fingerprint density at radius 3 is 2.29 bits per heavy atom. The topological polar surface area (TPSA) is 69.1 Å². The Bertz CT molecular complexity index is 581. The Morgan fingerprint density at radius 2 is 1.65 bits per heavy atom. The number of benzene rings is 2. The lowest BCUT2D eigenvalue weighted by molar-refractivity contribution is 0.103. The number of ketones is 1. The van der Waals surface area contributed by atoms with E-state index >= 15 is 0 Å². The minimum Gasteiger partial charge on any atom is -0.397 e. The van der Waals surface area contributed by atoms with Crippen LogP contribution in [-0.4, -0.2) is 5.78 Å². The standard InChI is InChI=1S/C13H11ClN2O/c14-10-3-1-2-8(6-10)13(17)9-4-5-11(15)12(16)7-9/h1-7H,15-16H2. The van der Waals surface area contributed by atoms with E-state index in [4.69, 9.17) is 23.1 Å². The highest BCUT2D eigenvalue weighted by Gasteiger charge is 2.10. The fourth-order valence-electron chi connectivity index (χ4n) is 1.51. The second-order valence-electron chi connectivity index (χ2n) is 3.68. The molecule has 0 aromatic heterocycles. The molecule has 0 amide bonds. The Morgan fingerprint density at radius 1 is 0.941 bits per heavy atom. The van der Waals surface area contributed by atoms with Crippen LogP contribution in [0.4, 0.5) is 11.4 Å². The maximum absolute atomic E-state index is 12.1. The SMILES string of the molecule is Nc1ccc(C(=O)c2cccc(Cl)c2)cc1N. The van der Waals surface area contributed by atoms with Gasteiger partial charge in [0.15, 0.2) is 5.78 Å². The molecule has 0 unspecified atom stereocenters. The minimum absolute atomic E-state index is 0.126. The van der Waals surface area contributed by atoms with Gasteiger partial charge < -0.3 is 11.5 Å². The summed E-state index contributed by atoms with van der Waals surface area (Å²) in [5.41, 5.74) is 13.2. The number of nitrogens with two attached hydrogens (primary N) is 2. The molecule has 0 atom stereocenters. The van der Waals surface area contributed by atoms with Crippen LogP contribution in [0.5, 0.6) is 0 Å². The molecule has 0 heterocycles. The molecule has 2 aromatic carbocycles. The molecule has 0 aliphatic carbocycles. The molecule has 0 saturated carbocycles. The van der Waals surface area contributed by atoms with Crippen LogP contribution in [0, 0.1) is 0 Å². The predicted molar refractivity (Wildman–Crippen MR) is 70.2 cm³/mol. The molecular weight excluding hydrogens is 236 g/mol. The molecule has 0 bridgehead atoms. The number of carbonyl (C=O) groups is 1. The van der Waals surface area contributed by atoms with Crippen molar-refractivity contribution in [2.45, 2.75) is 0 Å². The van der Waals surface area contributed by atoms with Gasteiger partial charge in [-0.25, -0.2) is 0 Å². The lowest BCUT2D eigenvalue weighted by atomic mass is 10.0. The van der Waals surface area contributed by atoms with Crippen molar-refractivity contribution >= 4 is 28.8 Å². The van der Waals surface area contributed by atoms with Gasteiger partial charge in [-0.1, -0.05) is 23.7 Å². The van der Waals surface area contributed by atoms with Crippen LogP contribution >= 0.6 is 11.6 Å². The predicted octanol–water partition coefficient (Wildman–Crippen LogP) is 2.74. The highest BCUT2D eigenvalue weighted by atomic mass is 35.5. The third-order valence-corrected chi connectivity index (χ3v) is 2.67. The zero-order valence-corrected chi connectivity index (χ0v) is 9.74. The van der Waals surface area contributed by atoms with Crippen molar-refractivity contribution in [3.63, 3.8) is 0 Å². The molecule has 2 rings (SSSR count). The molecule has 3 nitrogen and oxygen atoms in total. The van der Waals surface area contributed by atoms with Crippen molar-refractivity contribution in [3.8, 4) is 0 Å². The van der Waals surface area contributed by atoms with Crippen molar-refractivity contribution < 1.29 is 4.79 Å². The summed E-state index contributed by atoms with van der Waals surface area (Å²) in [5, 5.41) is 0.527. The molecular formula is C13H11ClN2O. The number of hydrogen-bond acceptors (Lipinski definition) is 3. The zero-order valence-electron chi connectivity index (χ0n) is 8.98. The van der Waals surface area contributed by atoms with E-state index in [-0.39, 0.29) is 5.78 Å². The number of hydrogen-bond donors (Lipinski definition) is 2. The normalized spacial score (nSPS) is 10.2. The third-order valence-electron chi connectivity index (χ3n) is 2.44. The van der Waals surface area contributed by atoms with Crippen LogP contribution < -0.4 is 11.5 Å². The third kappa shape index (κ3) is 2.40. The Kier molecular flexibility index (Phi) is 3.02. The van der Waals surface area contributed by atoms with Crippen molar-refractivity contribution in [2.75, 3.05) is 11.5 Å². The van der Waals surface area contributed by atoms with E-state index in [9.17, 15) is 4.79 Å². The van der Waals surface area contributed by atoms with Crippen molar-refractivity contribution in [3.05, 3.63) is 58.6 Å². The molecule has 0 spiro atoms.